The Morgan fingerprint density at radius 1 is 1.35 bits per heavy atom. The van der Waals surface area contributed by atoms with E-state index in [1.165, 1.54) is 0 Å². The summed E-state index contributed by atoms with van der Waals surface area (Å²) in [5.41, 5.74) is 0.626. The van der Waals surface area contributed by atoms with E-state index >= 15 is 0 Å². The lowest BCUT2D eigenvalue weighted by Crippen LogP contribution is -2.36. The maximum atomic E-state index is 10.4. The average Bonchev–Trinajstić information content (AvgIpc) is 2.14. The normalized spacial score (nSPS) is 11.6. The lowest BCUT2D eigenvalue weighted by atomic mass is 10.4. The molecule has 0 spiro atoms. The van der Waals surface area contributed by atoms with Crippen molar-refractivity contribution in [2.24, 2.45) is 0 Å². The topological polar surface area (TPSA) is 72.8 Å². The molecule has 0 aliphatic heterocycles. The van der Waals surface area contributed by atoms with Gasteiger partial charge in [0.15, 0.2) is 0 Å². The molecule has 0 saturated carbocycles. The van der Waals surface area contributed by atoms with Crippen molar-refractivity contribution in [2.75, 3.05) is 48.0 Å². The highest BCUT2D eigenvalue weighted by Crippen LogP contribution is 1.96. The number of nitrogens with zero attached hydrogens (tertiary/aromatic N) is 1. The Morgan fingerprint density at radius 2 is 1.82 bits per heavy atom. The van der Waals surface area contributed by atoms with Crippen molar-refractivity contribution in [1.29, 1.82) is 0 Å². The first-order chi connectivity index (χ1) is 7.54. The molecule has 0 bridgehead atoms. The predicted octanol–water partition coefficient (Wildman–Crippen LogP) is 0.155. The third-order valence-corrected chi connectivity index (χ3v) is 2.24. The van der Waals surface area contributed by atoms with Crippen LogP contribution in [0.15, 0.2) is 12.2 Å². The van der Waals surface area contributed by atoms with Crippen molar-refractivity contribution in [3.63, 3.8) is 0 Å². The molecule has 0 radical (unpaired) electrons. The van der Waals surface area contributed by atoms with Crippen LogP contribution in [0.5, 0.6) is 0 Å². The highest BCUT2D eigenvalue weighted by atomic mass is 32.3. The van der Waals surface area contributed by atoms with Crippen molar-refractivity contribution in [3.8, 4) is 0 Å². The van der Waals surface area contributed by atoms with E-state index in [1.54, 1.807) is 6.92 Å². The largest absolute Gasteiger partial charge is 0.399 e. The fraction of sp³-hybridized carbons (Fsp3) is 0.800. The van der Waals surface area contributed by atoms with Crippen LogP contribution in [-0.2, 0) is 18.8 Å². The molecule has 7 heteroatoms. The van der Waals surface area contributed by atoms with Crippen LogP contribution in [0.3, 0.4) is 0 Å². The summed E-state index contributed by atoms with van der Waals surface area (Å²) in [6, 6.07) is 0. The third kappa shape index (κ3) is 18.1. The number of aliphatic hydroxyl groups excluding tert-OH is 1. The Labute approximate surface area is 104 Å². The number of aliphatic hydroxyl groups is 1. The van der Waals surface area contributed by atoms with Crippen molar-refractivity contribution in [2.45, 2.75) is 6.92 Å². The van der Waals surface area contributed by atoms with Gasteiger partial charge in [-0.15, -0.1) is 0 Å². The molecule has 0 aromatic heterocycles. The molecular weight excluding hydrogens is 246 g/mol. The molecule has 0 amide bonds. The van der Waals surface area contributed by atoms with Crippen LogP contribution < -0.4 is 0 Å². The van der Waals surface area contributed by atoms with Gasteiger partial charge in [0.2, 0.25) is 0 Å². The molecule has 0 aromatic carbocycles. The van der Waals surface area contributed by atoms with Crippen molar-refractivity contribution in [1.82, 2.24) is 0 Å². The van der Waals surface area contributed by atoms with E-state index in [-0.39, 0.29) is 13.2 Å². The van der Waals surface area contributed by atoms with Crippen molar-refractivity contribution in [3.05, 3.63) is 12.2 Å². The van der Waals surface area contributed by atoms with Crippen LogP contribution in [0, 0.1) is 0 Å². The van der Waals surface area contributed by atoms with Gasteiger partial charge in [0.1, 0.15) is 6.54 Å². The second kappa shape index (κ2) is 8.60. The van der Waals surface area contributed by atoms with Gasteiger partial charge in [-0.2, -0.15) is 8.42 Å². The number of likely N-dealkylation sites (N-methyl/N-ethyl adjacent to an activating group) is 1. The summed E-state index contributed by atoms with van der Waals surface area (Å²) in [5, 5.41) is 8.39. The molecule has 104 valence electrons. The molecule has 17 heavy (non-hydrogen) atoms. The number of rotatable bonds is 6. The second-order valence-electron chi connectivity index (χ2n) is 4.53. The van der Waals surface area contributed by atoms with Crippen LogP contribution in [0.2, 0.25) is 0 Å². The first-order valence-electron chi connectivity index (χ1n) is 5.04. The summed E-state index contributed by atoms with van der Waals surface area (Å²) < 4.78 is 30.0. The quantitative estimate of drug-likeness (QED) is 0.549. The van der Waals surface area contributed by atoms with Gasteiger partial charge in [0.05, 0.1) is 41.5 Å². The lowest BCUT2D eigenvalue weighted by molar-refractivity contribution is -0.870. The molecule has 0 atom stereocenters. The van der Waals surface area contributed by atoms with Gasteiger partial charge in [-0.3, -0.25) is 4.18 Å². The molecule has 0 rings (SSSR count). The van der Waals surface area contributed by atoms with Gasteiger partial charge in [-0.25, -0.2) is 4.18 Å². The minimum absolute atomic E-state index is 0.0316. The Balaban J connectivity index is 0. The van der Waals surface area contributed by atoms with Crippen molar-refractivity contribution < 1.29 is 26.4 Å². The molecule has 0 aliphatic rings. The Kier molecular flexibility index (Phi) is 9.55. The molecule has 6 nitrogen and oxygen atoms in total. The zero-order valence-corrected chi connectivity index (χ0v) is 12.1. The third-order valence-electron chi connectivity index (χ3n) is 1.42. The van der Waals surface area contributed by atoms with Crippen LogP contribution in [0.1, 0.15) is 6.92 Å². The molecule has 0 aromatic rings. The zero-order valence-electron chi connectivity index (χ0n) is 11.3. The van der Waals surface area contributed by atoms with Crippen LogP contribution in [-0.4, -0.2) is 66.0 Å². The van der Waals surface area contributed by atoms with Crippen LogP contribution in [0.4, 0.5) is 0 Å². The Hall–Kier alpha value is -0.470. The predicted molar refractivity (Wildman–Crippen MR) is 66.7 cm³/mol. The summed E-state index contributed by atoms with van der Waals surface area (Å²) in [5.74, 6) is 0. The molecule has 0 fully saturated rings. The van der Waals surface area contributed by atoms with Gasteiger partial charge in [-0.05, 0) is 6.92 Å². The lowest BCUT2D eigenvalue weighted by Gasteiger charge is -2.21. The Morgan fingerprint density at radius 3 is 2.00 bits per heavy atom. The molecule has 0 heterocycles. The van der Waals surface area contributed by atoms with Gasteiger partial charge in [0.25, 0.3) is 0 Å². The van der Waals surface area contributed by atoms with Gasteiger partial charge in [0, 0.05) is 0 Å². The summed E-state index contributed by atoms with van der Waals surface area (Å²) in [7, 11) is 3.42. The van der Waals surface area contributed by atoms with E-state index in [0.29, 0.717) is 5.57 Å². The van der Waals surface area contributed by atoms with Gasteiger partial charge in [-0.1, -0.05) is 12.2 Å². The first-order valence-corrected chi connectivity index (χ1v) is 6.38. The van der Waals surface area contributed by atoms with E-state index in [0.717, 1.165) is 18.1 Å². The highest BCUT2D eigenvalue weighted by Gasteiger charge is 2.07. The Bertz CT molecular complexity index is 305. The number of hydrogen-bond acceptors (Lipinski definition) is 5. The standard InChI is InChI=1S/C5H14NO.C5H10O4S/c1-6(2,3)4-5-7;1-5(2)4-9-10(6,7)8-3/h7H,4-5H2,1-3H3;1,4H2,2-3H3/q+1;. The first kappa shape index (κ1) is 18.9. The van der Waals surface area contributed by atoms with E-state index < -0.39 is 10.4 Å². The van der Waals surface area contributed by atoms with Crippen LogP contribution >= 0.6 is 0 Å². The smallest absolute Gasteiger partial charge is 0.391 e. The van der Waals surface area contributed by atoms with Gasteiger partial charge < -0.3 is 9.59 Å². The van der Waals surface area contributed by atoms with E-state index in [1.807, 2.05) is 0 Å². The highest BCUT2D eigenvalue weighted by molar-refractivity contribution is 7.81. The molecular formula is C10H24NO5S+. The molecule has 0 saturated heterocycles. The van der Waals surface area contributed by atoms with Crippen LogP contribution in [0.25, 0.3) is 0 Å². The summed E-state index contributed by atoms with van der Waals surface area (Å²) in [4.78, 5) is 0. The van der Waals surface area contributed by atoms with E-state index in [2.05, 4.69) is 36.1 Å². The summed E-state index contributed by atoms with van der Waals surface area (Å²) in [6.07, 6.45) is 0. The maximum absolute atomic E-state index is 10.4. The minimum Gasteiger partial charge on any atom is -0.391 e. The second-order valence-corrected chi connectivity index (χ2v) is 5.92. The van der Waals surface area contributed by atoms with Crippen molar-refractivity contribution >= 4 is 10.4 Å². The monoisotopic (exact) mass is 270 g/mol. The summed E-state index contributed by atoms with van der Waals surface area (Å²) >= 11 is 0. The fourth-order valence-corrected chi connectivity index (χ4v) is 0.963. The fourth-order valence-electron chi connectivity index (χ4n) is 0.521. The summed E-state index contributed by atoms with van der Waals surface area (Å²) in [6.45, 7) is 6.19. The van der Waals surface area contributed by atoms with E-state index in [4.69, 9.17) is 5.11 Å². The zero-order chi connectivity index (χ0) is 14.1. The SMILES string of the molecule is C=C(C)COS(=O)(=O)OC.C[N+](C)(C)CCO. The average molecular weight is 270 g/mol. The molecule has 0 unspecified atom stereocenters. The number of quaternary nitrogens is 1. The molecule has 1 N–H and O–H groups in total. The van der Waals surface area contributed by atoms with Gasteiger partial charge >= 0.3 is 10.4 Å². The molecule has 0 aliphatic carbocycles. The maximum Gasteiger partial charge on any atom is 0.399 e. The van der Waals surface area contributed by atoms with E-state index in [9.17, 15) is 8.42 Å². The minimum atomic E-state index is -3.78. The number of hydrogen-bond donors (Lipinski definition) is 1.